The van der Waals surface area contributed by atoms with Crippen LogP contribution in [0, 0.1) is 11.3 Å². The van der Waals surface area contributed by atoms with Gasteiger partial charge in [-0.3, -0.25) is 0 Å². The van der Waals surface area contributed by atoms with Crippen LogP contribution < -0.4 is 4.74 Å². The number of nitrogens with zero attached hydrogens (tertiary/aromatic N) is 1. The van der Waals surface area contributed by atoms with Gasteiger partial charge in [0.05, 0.1) is 18.2 Å². The van der Waals surface area contributed by atoms with Crippen molar-refractivity contribution in [2.75, 3.05) is 6.61 Å². The third-order valence-electron chi connectivity index (χ3n) is 2.86. The predicted octanol–water partition coefficient (Wildman–Crippen LogP) is 3.60. The van der Waals surface area contributed by atoms with E-state index < -0.39 is 0 Å². The van der Waals surface area contributed by atoms with E-state index in [9.17, 15) is 5.11 Å². The fourth-order valence-corrected chi connectivity index (χ4v) is 1.90. The van der Waals surface area contributed by atoms with Gasteiger partial charge in [-0.2, -0.15) is 5.26 Å². The summed E-state index contributed by atoms with van der Waals surface area (Å²) in [6.45, 7) is 2.72. The lowest BCUT2D eigenvalue weighted by Gasteiger charge is -2.10. The number of fused-ring (bicyclic) bond motifs is 1. The highest BCUT2D eigenvalue weighted by molar-refractivity contribution is 5.97. The molecule has 0 amide bonds. The van der Waals surface area contributed by atoms with Gasteiger partial charge in [-0.15, -0.1) is 0 Å². The largest absolute Gasteiger partial charge is 0.507 e. The number of ether oxygens (including phenoxy) is 1. The number of aromatic hydroxyl groups is 1. The third kappa shape index (κ3) is 2.23. The average molecular weight is 241 g/mol. The lowest BCUT2D eigenvalue weighted by molar-refractivity contribution is 0.313. The maximum atomic E-state index is 9.82. The van der Waals surface area contributed by atoms with Crippen LogP contribution in [0.4, 0.5) is 0 Å². The average Bonchev–Trinajstić information content (AvgIpc) is 2.40. The molecule has 0 bridgehead atoms. The van der Waals surface area contributed by atoms with E-state index in [0.29, 0.717) is 28.7 Å². The van der Waals surface area contributed by atoms with Crippen LogP contribution in [0.5, 0.6) is 11.5 Å². The zero-order chi connectivity index (χ0) is 13.0. The van der Waals surface area contributed by atoms with Crippen LogP contribution in [0.25, 0.3) is 10.8 Å². The van der Waals surface area contributed by atoms with Crippen molar-refractivity contribution in [3.05, 3.63) is 35.9 Å². The van der Waals surface area contributed by atoms with Gasteiger partial charge in [0.2, 0.25) is 0 Å². The summed E-state index contributed by atoms with van der Waals surface area (Å²) in [5.74, 6) is 0.832. The van der Waals surface area contributed by atoms with Gasteiger partial charge in [0.15, 0.2) is 0 Å². The second-order valence-electron chi connectivity index (χ2n) is 4.12. The van der Waals surface area contributed by atoms with Crippen molar-refractivity contribution in [2.24, 2.45) is 0 Å². The quantitative estimate of drug-likeness (QED) is 0.832. The SMILES string of the molecule is CCCCOc1cccc2c(O)ccc(C#N)c12. The molecule has 2 rings (SSSR count). The molecule has 0 spiro atoms. The molecular weight excluding hydrogens is 226 g/mol. The first-order valence-electron chi connectivity index (χ1n) is 6.05. The molecule has 0 saturated heterocycles. The molecule has 0 aliphatic heterocycles. The van der Waals surface area contributed by atoms with E-state index in [2.05, 4.69) is 13.0 Å². The van der Waals surface area contributed by atoms with Crippen LogP contribution in [-0.4, -0.2) is 11.7 Å². The first-order chi connectivity index (χ1) is 8.77. The van der Waals surface area contributed by atoms with Crippen molar-refractivity contribution < 1.29 is 9.84 Å². The monoisotopic (exact) mass is 241 g/mol. The third-order valence-corrected chi connectivity index (χ3v) is 2.86. The van der Waals surface area contributed by atoms with Crippen LogP contribution in [-0.2, 0) is 0 Å². The van der Waals surface area contributed by atoms with Crippen LogP contribution in [0.1, 0.15) is 25.3 Å². The first kappa shape index (κ1) is 12.3. The highest BCUT2D eigenvalue weighted by Crippen LogP contribution is 2.34. The normalized spacial score (nSPS) is 10.2. The Morgan fingerprint density at radius 2 is 2.11 bits per heavy atom. The van der Waals surface area contributed by atoms with Gasteiger partial charge in [-0.25, -0.2) is 0 Å². The summed E-state index contributed by atoms with van der Waals surface area (Å²) in [6.07, 6.45) is 2.03. The smallest absolute Gasteiger partial charge is 0.128 e. The number of nitriles is 1. The van der Waals surface area contributed by atoms with Gasteiger partial charge in [-0.1, -0.05) is 25.5 Å². The van der Waals surface area contributed by atoms with Gasteiger partial charge in [-0.05, 0) is 24.6 Å². The number of hydrogen-bond acceptors (Lipinski definition) is 3. The Hall–Kier alpha value is -2.21. The molecular formula is C15H15NO2. The molecule has 0 fully saturated rings. The minimum Gasteiger partial charge on any atom is -0.507 e. The molecule has 3 heteroatoms. The van der Waals surface area contributed by atoms with Crippen molar-refractivity contribution in [3.63, 3.8) is 0 Å². The van der Waals surface area contributed by atoms with E-state index in [4.69, 9.17) is 10.00 Å². The summed E-state index contributed by atoms with van der Waals surface area (Å²) in [7, 11) is 0. The van der Waals surface area contributed by atoms with Gasteiger partial charge < -0.3 is 9.84 Å². The van der Waals surface area contributed by atoms with Crippen LogP contribution in [0.15, 0.2) is 30.3 Å². The van der Waals surface area contributed by atoms with E-state index in [1.54, 1.807) is 12.1 Å². The van der Waals surface area contributed by atoms with E-state index in [1.807, 2.05) is 12.1 Å². The van der Waals surface area contributed by atoms with Gasteiger partial charge in [0.1, 0.15) is 11.5 Å². The molecule has 0 aromatic heterocycles. The molecule has 0 radical (unpaired) electrons. The Kier molecular flexibility index (Phi) is 3.69. The Morgan fingerprint density at radius 3 is 2.83 bits per heavy atom. The Morgan fingerprint density at radius 1 is 1.28 bits per heavy atom. The molecule has 0 heterocycles. The van der Waals surface area contributed by atoms with Crippen molar-refractivity contribution in [1.82, 2.24) is 0 Å². The fraction of sp³-hybridized carbons (Fsp3) is 0.267. The maximum absolute atomic E-state index is 9.82. The van der Waals surface area contributed by atoms with Crippen LogP contribution in [0.3, 0.4) is 0 Å². The highest BCUT2D eigenvalue weighted by Gasteiger charge is 2.10. The summed E-state index contributed by atoms with van der Waals surface area (Å²) < 4.78 is 5.69. The van der Waals surface area contributed by atoms with Gasteiger partial charge in [0.25, 0.3) is 0 Å². The Bertz CT molecular complexity index is 599. The summed E-state index contributed by atoms with van der Waals surface area (Å²) >= 11 is 0. The van der Waals surface area contributed by atoms with E-state index in [-0.39, 0.29) is 5.75 Å². The summed E-state index contributed by atoms with van der Waals surface area (Å²) in [5.41, 5.74) is 0.523. The fourth-order valence-electron chi connectivity index (χ4n) is 1.90. The zero-order valence-electron chi connectivity index (χ0n) is 10.3. The molecule has 0 aliphatic rings. The van der Waals surface area contributed by atoms with Crippen LogP contribution in [0.2, 0.25) is 0 Å². The van der Waals surface area contributed by atoms with Crippen molar-refractivity contribution in [3.8, 4) is 17.6 Å². The molecule has 0 aliphatic carbocycles. The molecule has 18 heavy (non-hydrogen) atoms. The summed E-state index contributed by atoms with van der Waals surface area (Å²) in [4.78, 5) is 0. The number of unbranched alkanes of at least 4 members (excludes halogenated alkanes) is 1. The topological polar surface area (TPSA) is 53.2 Å². The molecule has 92 valence electrons. The number of phenolic OH excluding ortho intramolecular Hbond substituents is 1. The highest BCUT2D eigenvalue weighted by atomic mass is 16.5. The lowest BCUT2D eigenvalue weighted by atomic mass is 10.0. The standard InChI is InChI=1S/C15H15NO2/c1-2-3-9-18-14-6-4-5-12-13(17)8-7-11(10-16)15(12)14/h4-8,17H,2-3,9H2,1H3. The number of hydrogen-bond donors (Lipinski definition) is 1. The van der Waals surface area contributed by atoms with Crippen molar-refractivity contribution in [2.45, 2.75) is 19.8 Å². The molecule has 3 nitrogen and oxygen atoms in total. The molecule has 1 N–H and O–H groups in total. The Labute approximate surface area is 106 Å². The maximum Gasteiger partial charge on any atom is 0.128 e. The number of phenols is 1. The molecule has 0 unspecified atom stereocenters. The van der Waals surface area contributed by atoms with Crippen molar-refractivity contribution >= 4 is 10.8 Å². The van der Waals surface area contributed by atoms with Gasteiger partial charge in [0, 0.05) is 10.8 Å². The second-order valence-corrected chi connectivity index (χ2v) is 4.12. The summed E-state index contributed by atoms with van der Waals surface area (Å²) in [6, 6.07) is 10.7. The minimum atomic E-state index is 0.171. The van der Waals surface area contributed by atoms with Crippen LogP contribution >= 0.6 is 0 Å². The Balaban J connectivity index is 2.53. The second kappa shape index (κ2) is 5.42. The summed E-state index contributed by atoms with van der Waals surface area (Å²) in [5, 5.41) is 20.3. The van der Waals surface area contributed by atoms with Crippen molar-refractivity contribution in [1.29, 1.82) is 5.26 Å². The molecule has 0 saturated carbocycles. The molecule has 2 aromatic rings. The molecule has 0 atom stereocenters. The predicted molar refractivity (Wildman–Crippen MR) is 70.7 cm³/mol. The molecule has 2 aromatic carbocycles. The van der Waals surface area contributed by atoms with Gasteiger partial charge >= 0.3 is 0 Å². The van der Waals surface area contributed by atoms with E-state index in [1.165, 1.54) is 6.07 Å². The lowest BCUT2D eigenvalue weighted by Crippen LogP contribution is -1.97. The number of benzene rings is 2. The number of rotatable bonds is 4. The van der Waals surface area contributed by atoms with E-state index in [0.717, 1.165) is 12.8 Å². The zero-order valence-corrected chi connectivity index (χ0v) is 10.3. The van der Waals surface area contributed by atoms with E-state index >= 15 is 0 Å². The minimum absolute atomic E-state index is 0.171. The first-order valence-corrected chi connectivity index (χ1v) is 6.05.